The second-order valence-corrected chi connectivity index (χ2v) is 2.22. The topological polar surface area (TPSA) is 29.5 Å². The summed E-state index contributed by atoms with van der Waals surface area (Å²) in [5.74, 6) is 0.353. The molecule has 0 radical (unpaired) electrons. The summed E-state index contributed by atoms with van der Waals surface area (Å²) in [6.07, 6.45) is 1.40. The molecule has 9 heavy (non-hydrogen) atoms. The van der Waals surface area contributed by atoms with Crippen LogP contribution in [0.4, 0.5) is 4.53 Å². The monoisotopic (exact) mass is 136 g/mol. The molecule has 0 aromatic carbocycles. The molecule has 1 unspecified atom stereocenters. The molecule has 0 fully saturated rings. The molecule has 0 saturated carbocycles. The van der Waals surface area contributed by atoms with Crippen molar-refractivity contribution in [2.45, 2.75) is 19.8 Å². The number of hydrogen-bond donors (Lipinski definition) is 1. The first-order valence-corrected chi connectivity index (χ1v) is 3.15. The van der Waals surface area contributed by atoms with Gasteiger partial charge in [0.2, 0.25) is 0 Å². The Labute approximate surface area is 54.5 Å². The van der Waals surface area contributed by atoms with Crippen LogP contribution < -0.4 is 0 Å². The molecule has 2 nitrogen and oxygen atoms in total. The molecule has 0 aliphatic heterocycles. The van der Waals surface area contributed by atoms with Crippen molar-refractivity contribution in [3.8, 4) is 0 Å². The number of hydrogen-bond acceptors (Lipinski definition) is 2. The highest BCUT2D eigenvalue weighted by Gasteiger charge is 1.99. The lowest BCUT2D eigenvalue weighted by molar-refractivity contribution is -0.135. The Morgan fingerprint density at radius 3 is 2.67 bits per heavy atom. The standard InChI is InChI=1S/C6H13FO2/c1-6(2-4-8)3-5-9-7/h6,8H,2-5H2,1H3. The van der Waals surface area contributed by atoms with Crippen molar-refractivity contribution < 1.29 is 14.6 Å². The minimum atomic E-state index is 0.140. The molecule has 1 N–H and O–H groups in total. The van der Waals surface area contributed by atoms with E-state index >= 15 is 0 Å². The fourth-order valence-corrected chi connectivity index (χ4v) is 0.610. The molecule has 0 amide bonds. The Bertz CT molecular complexity index is 59.0. The van der Waals surface area contributed by atoms with Crippen molar-refractivity contribution >= 4 is 0 Å². The molecular weight excluding hydrogens is 123 g/mol. The minimum Gasteiger partial charge on any atom is -0.396 e. The third-order valence-corrected chi connectivity index (χ3v) is 1.31. The van der Waals surface area contributed by atoms with Crippen molar-refractivity contribution in [3.63, 3.8) is 0 Å². The molecule has 0 aromatic rings. The van der Waals surface area contributed by atoms with Gasteiger partial charge in [0.05, 0.1) is 6.61 Å². The van der Waals surface area contributed by atoms with Gasteiger partial charge >= 0.3 is 0 Å². The fourth-order valence-electron chi connectivity index (χ4n) is 0.610. The molecule has 0 saturated heterocycles. The van der Waals surface area contributed by atoms with E-state index in [1.165, 1.54) is 0 Å². The van der Waals surface area contributed by atoms with E-state index < -0.39 is 0 Å². The summed E-state index contributed by atoms with van der Waals surface area (Å²) < 4.78 is 11.0. The number of aliphatic hydroxyl groups is 1. The predicted molar refractivity (Wildman–Crippen MR) is 32.5 cm³/mol. The Morgan fingerprint density at radius 1 is 1.56 bits per heavy atom. The lowest BCUT2D eigenvalue weighted by Crippen LogP contribution is -2.00. The van der Waals surface area contributed by atoms with E-state index in [1.807, 2.05) is 6.92 Å². The summed E-state index contributed by atoms with van der Waals surface area (Å²) in [5, 5.41) is 8.40. The van der Waals surface area contributed by atoms with Gasteiger partial charge in [0, 0.05) is 6.61 Å². The van der Waals surface area contributed by atoms with Gasteiger partial charge in [-0.15, -0.1) is 0 Å². The highest BCUT2D eigenvalue weighted by Crippen LogP contribution is 2.05. The van der Waals surface area contributed by atoms with Crippen LogP contribution in [0.2, 0.25) is 0 Å². The average molecular weight is 136 g/mol. The Hall–Kier alpha value is -0.150. The summed E-state index contributed by atoms with van der Waals surface area (Å²) in [7, 11) is 0. The van der Waals surface area contributed by atoms with Crippen LogP contribution >= 0.6 is 0 Å². The number of halogens is 1. The molecule has 0 spiro atoms. The minimum absolute atomic E-state index is 0.140. The normalized spacial score (nSPS) is 13.7. The molecule has 0 aliphatic carbocycles. The first-order valence-electron chi connectivity index (χ1n) is 3.15. The van der Waals surface area contributed by atoms with Gasteiger partial charge in [0.1, 0.15) is 0 Å². The zero-order chi connectivity index (χ0) is 7.11. The molecule has 0 aromatic heterocycles. The van der Waals surface area contributed by atoms with E-state index in [0.717, 1.165) is 6.42 Å². The molecular formula is C6H13FO2. The van der Waals surface area contributed by atoms with Crippen LogP contribution in [0, 0.1) is 5.92 Å². The van der Waals surface area contributed by atoms with Crippen LogP contribution in [0.1, 0.15) is 19.8 Å². The third-order valence-electron chi connectivity index (χ3n) is 1.31. The van der Waals surface area contributed by atoms with Crippen LogP contribution in [0.5, 0.6) is 0 Å². The summed E-state index contributed by atoms with van der Waals surface area (Å²) in [6, 6.07) is 0. The first kappa shape index (κ1) is 8.85. The van der Waals surface area contributed by atoms with Gasteiger partial charge in [-0.25, -0.2) is 0 Å². The van der Waals surface area contributed by atoms with E-state index in [4.69, 9.17) is 5.11 Å². The second-order valence-electron chi connectivity index (χ2n) is 2.22. The molecule has 0 rings (SSSR count). The Kier molecular flexibility index (Phi) is 5.88. The molecule has 56 valence electrons. The summed E-state index contributed by atoms with van der Waals surface area (Å²) in [6.45, 7) is 2.27. The summed E-state index contributed by atoms with van der Waals surface area (Å²) in [5.41, 5.74) is 0. The smallest absolute Gasteiger partial charge is 0.0878 e. The highest BCUT2D eigenvalue weighted by atomic mass is 19.3. The zero-order valence-electron chi connectivity index (χ0n) is 5.64. The Balaban J connectivity index is 2.95. The zero-order valence-corrected chi connectivity index (χ0v) is 5.64. The van der Waals surface area contributed by atoms with Gasteiger partial charge in [0.15, 0.2) is 0 Å². The maximum Gasteiger partial charge on any atom is 0.0878 e. The highest BCUT2D eigenvalue weighted by molar-refractivity contribution is 4.49. The Morgan fingerprint density at radius 2 is 2.22 bits per heavy atom. The molecule has 0 aliphatic rings. The van der Waals surface area contributed by atoms with Crippen molar-refractivity contribution in [1.29, 1.82) is 0 Å². The molecule has 0 bridgehead atoms. The molecule has 3 heteroatoms. The van der Waals surface area contributed by atoms with Crippen molar-refractivity contribution in [2.75, 3.05) is 13.2 Å². The fraction of sp³-hybridized carbons (Fsp3) is 1.00. The van der Waals surface area contributed by atoms with Crippen LogP contribution in [0.3, 0.4) is 0 Å². The van der Waals surface area contributed by atoms with Crippen LogP contribution in [0.25, 0.3) is 0 Å². The number of aliphatic hydroxyl groups excluding tert-OH is 1. The molecule has 1 atom stereocenters. The van der Waals surface area contributed by atoms with E-state index in [0.29, 0.717) is 12.3 Å². The maximum atomic E-state index is 11.0. The SMILES string of the molecule is CC(CCO)CCOF. The molecule has 0 heterocycles. The van der Waals surface area contributed by atoms with Gasteiger partial charge in [-0.1, -0.05) is 6.92 Å². The van der Waals surface area contributed by atoms with Crippen LogP contribution in [-0.4, -0.2) is 18.3 Å². The van der Waals surface area contributed by atoms with E-state index in [9.17, 15) is 4.53 Å². The van der Waals surface area contributed by atoms with Gasteiger partial charge in [0.25, 0.3) is 0 Å². The lowest BCUT2D eigenvalue weighted by atomic mass is 10.1. The first-order chi connectivity index (χ1) is 4.31. The van der Waals surface area contributed by atoms with Crippen molar-refractivity contribution in [3.05, 3.63) is 0 Å². The van der Waals surface area contributed by atoms with E-state index in [2.05, 4.69) is 4.94 Å². The van der Waals surface area contributed by atoms with E-state index in [1.54, 1.807) is 0 Å². The van der Waals surface area contributed by atoms with Gasteiger partial charge < -0.3 is 5.11 Å². The third kappa shape index (κ3) is 5.73. The summed E-state index contributed by atoms with van der Waals surface area (Å²) >= 11 is 0. The lowest BCUT2D eigenvalue weighted by Gasteiger charge is -2.05. The van der Waals surface area contributed by atoms with Crippen molar-refractivity contribution in [1.82, 2.24) is 0 Å². The largest absolute Gasteiger partial charge is 0.396 e. The van der Waals surface area contributed by atoms with Gasteiger partial charge in [-0.2, -0.15) is 4.94 Å². The second kappa shape index (κ2) is 5.98. The maximum absolute atomic E-state index is 11.0. The van der Waals surface area contributed by atoms with E-state index in [-0.39, 0.29) is 13.2 Å². The van der Waals surface area contributed by atoms with Gasteiger partial charge in [-0.05, 0) is 23.3 Å². The van der Waals surface area contributed by atoms with Gasteiger partial charge in [-0.3, -0.25) is 0 Å². The number of rotatable bonds is 5. The van der Waals surface area contributed by atoms with Crippen molar-refractivity contribution in [2.24, 2.45) is 5.92 Å². The summed E-state index contributed by atoms with van der Waals surface area (Å²) in [4.78, 5) is 3.38. The predicted octanol–water partition coefficient (Wildman–Crippen LogP) is 1.30. The van der Waals surface area contributed by atoms with Crippen LogP contribution in [0.15, 0.2) is 0 Å². The quantitative estimate of drug-likeness (QED) is 0.617. The van der Waals surface area contributed by atoms with Crippen LogP contribution in [-0.2, 0) is 4.94 Å². The average Bonchev–Trinajstić information content (AvgIpc) is 1.85.